The Balaban J connectivity index is 1.84. The highest BCUT2D eigenvalue weighted by atomic mass is 35.5. The van der Waals surface area contributed by atoms with E-state index < -0.39 is 17.7 Å². The number of pyridine rings is 1. The van der Waals surface area contributed by atoms with Crippen LogP contribution >= 0.6 is 11.6 Å². The minimum Gasteiger partial charge on any atom is -0.507 e. The molecule has 1 aliphatic heterocycles. The average Bonchev–Trinajstić information content (AvgIpc) is 3.04. The lowest BCUT2D eigenvalue weighted by molar-refractivity contribution is -0.140. The molecule has 1 N–H and O–H groups in total. The second kappa shape index (κ2) is 8.62. The highest BCUT2D eigenvalue weighted by Crippen LogP contribution is 2.40. The van der Waals surface area contributed by atoms with Gasteiger partial charge in [0.15, 0.2) is 0 Å². The van der Waals surface area contributed by atoms with E-state index in [-0.39, 0.29) is 17.9 Å². The van der Waals surface area contributed by atoms with Gasteiger partial charge in [-0.1, -0.05) is 41.9 Å². The van der Waals surface area contributed by atoms with Crippen LogP contribution in [0.1, 0.15) is 22.7 Å². The lowest BCUT2D eigenvalue weighted by Gasteiger charge is -2.25. The molecule has 3 aromatic rings. The third-order valence-corrected chi connectivity index (χ3v) is 5.36. The van der Waals surface area contributed by atoms with Crippen molar-refractivity contribution in [3.05, 3.63) is 100 Å². The zero-order valence-corrected chi connectivity index (χ0v) is 17.4. The summed E-state index contributed by atoms with van der Waals surface area (Å²) in [6.07, 6.45) is 3.19. The van der Waals surface area contributed by atoms with Crippen LogP contribution in [0, 0.1) is 0 Å². The van der Waals surface area contributed by atoms with Crippen LogP contribution in [0.5, 0.6) is 5.75 Å². The largest absolute Gasteiger partial charge is 0.507 e. The van der Waals surface area contributed by atoms with Crippen molar-refractivity contribution in [1.82, 2.24) is 9.88 Å². The van der Waals surface area contributed by atoms with Gasteiger partial charge in [0.05, 0.1) is 18.7 Å². The van der Waals surface area contributed by atoms with Gasteiger partial charge in [-0.05, 0) is 41.5 Å². The molecule has 1 saturated heterocycles. The molecule has 6 nitrogen and oxygen atoms in total. The molecule has 7 heteroatoms. The SMILES string of the molecule is COc1cccc(CN2C(=O)C(=O)/C(=C(\O)c3cccc(Cl)c3)C2c2cccnc2)c1. The Bertz CT molecular complexity index is 1180. The van der Waals surface area contributed by atoms with E-state index in [4.69, 9.17) is 16.3 Å². The summed E-state index contributed by atoms with van der Waals surface area (Å²) in [4.78, 5) is 31.6. The van der Waals surface area contributed by atoms with Crippen molar-refractivity contribution in [1.29, 1.82) is 0 Å². The van der Waals surface area contributed by atoms with Crippen LogP contribution < -0.4 is 4.74 Å². The molecule has 1 amide bonds. The number of aliphatic hydroxyl groups excluding tert-OH is 1. The maximum atomic E-state index is 13.0. The minimum absolute atomic E-state index is 0.00293. The third-order valence-electron chi connectivity index (χ3n) is 5.13. The first kappa shape index (κ1) is 20.6. The standard InChI is InChI=1S/C24H19ClN2O4/c1-31-19-9-2-5-15(11-19)14-27-21(17-7-4-10-26-13-17)20(23(29)24(27)30)22(28)16-6-3-8-18(25)12-16/h2-13,21,28H,14H2,1H3/b22-20-. The van der Waals surface area contributed by atoms with E-state index in [0.717, 1.165) is 5.56 Å². The van der Waals surface area contributed by atoms with E-state index in [9.17, 15) is 14.7 Å². The molecule has 0 saturated carbocycles. The summed E-state index contributed by atoms with van der Waals surface area (Å²) < 4.78 is 5.26. The highest BCUT2D eigenvalue weighted by Gasteiger charge is 2.46. The number of amides is 1. The topological polar surface area (TPSA) is 79.7 Å². The van der Waals surface area contributed by atoms with Gasteiger partial charge < -0.3 is 14.7 Å². The van der Waals surface area contributed by atoms with E-state index in [1.807, 2.05) is 12.1 Å². The number of carbonyl (C=O) groups excluding carboxylic acids is 2. The van der Waals surface area contributed by atoms with Crippen molar-refractivity contribution >= 4 is 29.1 Å². The number of likely N-dealkylation sites (tertiary alicyclic amines) is 1. The van der Waals surface area contributed by atoms with E-state index in [1.165, 1.54) is 4.90 Å². The molecule has 2 heterocycles. The Kier molecular flexibility index (Phi) is 5.73. The molecule has 0 aliphatic carbocycles. The number of ether oxygens (including phenoxy) is 1. The molecule has 31 heavy (non-hydrogen) atoms. The van der Waals surface area contributed by atoms with E-state index in [0.29, 0.717) is 21.9 Å². The molecule has 2 aromatic carbocycles. The molecular weight excluding hydrogens is 416 g/mol. The van der Waals surface area contributed by atoms with Crippen molar-refractivity contribution < 1.29 is 19.4 Å². The zero-order chi connectivity index (χ0) is 22.0. The van der Waals surface area contributed by atoms with Crippen LogP contribution in [0.4, 0.5) is 0 Å². The monoisotopic (exact) mass is 434 g/mol. The summed E-state index contributed by atoms with van der Waals surface area (Å²) in [6.45, 7) is 0.160. The van der Waals surface area contributed by atoms with Gasteiger partial charge in [-0.25, -0.2) is 0 Å². The predicted octanol–water partition coefficient (Wildman–Crippen LogP) is 4.37. The first-order valence-electron chi connectivity index (χ1n) is 9.57. The molecular formula is C24H19ClN2O4. The number of rotatable bonds is 5. The number of hydrogen-bond acceptors (Lipinski definition) is 5. The number of methoxy groups -OCH3 is 1. The highest BCUT2D eigenvalue weighted by molar-refractivity contribution is 6.46. The number of Topliss-reactive ketones (excluding diaryl/α,β-unsaturated/α-hetero) is 1. The maximum absolute atomic E-state index is 13.0. The molecule has 0 radical (unpaired) electrons. The normalized spacial score (nSPS) is 17.7. The molecule has 0 bridgehead atoms. The van der Waals surface area contributed by atoms with Crippen LogP contribution in [-0.2, 0) is 16.1 Å². The first-order chi connectivity index (χ1) is 15.0. The fourth-order valence-corrected chi connectivity index (χ4v) is 3.88. The Morgan fingerprint density at radius 2 is 1.94 bits per heavy atom. The van der Waals surface area contributed by atoms with Gasteiger partial charge in [-0.2, -0.15) is 0 Å². The summed E-state index contributed by atoms with van der Waals surface area (Å²) in [6, 6.07) is 16.5. The lowest BCUT2D eigenvalue weighted by Crippen LogP contribution is -2.29. The van der Waals surface area contributed by atoms with Gasteiger partial charge >= 0.3 is 0 Å². The predicted molar refractivity (Wildman–Crippen MR) is 117 cm³/mol. The molecule has 1 unspecified atom stereocenters. The van der Waals surface area contributed by atoms with Gasteiger partial charge in [0, 0.05) is 29.5 Å². The molecule has 1 aromatic heterocycles. The van der Waals surface area contributed by atoms with Crippen LogP contribution in [0.15, 0.2) is 78.6 Å². The number of halogens is 1. The summed E-state index contributed by atoms with van der Waals surface area (Å²) in [7, 11) is 1.56. The second-order valence-electron chi connectivity index (χ2n) is 7.08. The van der Waals surface area contributed by atoms with Crippen LogP contribution in [0.2, 0.25) is 5.02 Å². The summed E-state index contributed by atoms with van der Waals surface area (Å²) in [5.74, 6) is -1.08. The fourth-order valence-electron chi connectivity index (χ4n) is 3.69. The van der Waals surface area contributed by atoms with Gasteiger partial charge in [0.1, 0.15) is 11.5 Å². The fraction of sp³-hybridized carbons (Fsp3) is 0.125. The molecule has 1 aliphatic rings. The molecule has 1 atom stereocenters. The number of nitrogens with zero attached hydrogens (tertiary/aromatic N) is 2. The second-order valence-corrected chi connectivity index (χ2v) is 7.51. The summed E-state index contributed by atoms with van der Waals surface area (Å²) in [5.41, 5.74) is 1.77. The van der Waals surface area contributed by atoms with Crippen LogP contribution in [0.3, 0.4) is 0 Å². The number of hydrogen-bond donors (Lipinski definition) is 1. The lowest BCUT2D eigenvalue weighted by atomic mass is 9.96. The van der Waals surface area contributed by atoms with Gasteiger partial charge in [0.25, 0.3) is 11.7 Å². The number of aromatic nitrogens is 1. The average molecular weight is 435 g/mol. The molecule has 0 spiro atoms. The van der Waals surface area contributed by atoms with E-state index in [1.54, 1.807) is 68.0 Å². The third kappa shape index (κ3) is 4.02. The summed E-state index contributed by atoms with van der Waals surface area (Å²) >= 11 is 6.06. The zero-order valence-electron chi connectivity index (χ0n) is 16.7. The first-order valence-corrected chi connectivity index (χ1v) is 9.94. The van der Waals surface area contributed by atoms with Crippen LogP contribution in [-0.4, -0.2) is 33.8 Å². The Morgan fingerprint density at radius 3 is 2.65 bits per heavy atom. The van der Waals surface area contributed by atoms with Crippen molar-refractivity contribution in [2.24, 2.45) is 0 Å². The number of ketones is 1. The van der Waals surface area contributed by atoms with Crippen molar-refractivity contribution in [2.45, 2.75) is 12.6 Å². The van der Waals surface area contributed by atoms with Crippen molar-refractivity contribution in [3.63, 3.8) is 0 Å². The van der Waals surface area contributed by atoms with E-state index in [2.05, 4.69) is 4.98 Å². The van der Waals surface area contributed by atoms with E-state index >= 15 is 0 Å². The van der Waals surface area contributed by atoms with Gasteiger partial charge in [0.2, 0.25) is 0 Å². The summed E-state index contributed by atoms with van der Waals surface area (Å²) in [5, 5.41) is 11.4. The van der Waals surface area contributed by atoms with Crippen molar-refractivity contribution in [3.8, 4) is 5.75 Å². The number of aliphatic hydroxyl groups is 1. The van der Waals surface area contributed by atoms with Gasteiger partial charge in [-0.15, -0.1) is 0 Å². The van der Waals surface area contributed by atoms with Crippen molar-refractivity contribution in [2.75, 3.05) is 7.11 Å². The molecule has 4 rings (SSSR count). The minimum atomic E-state index is -0.793. The Morgan fingerprint density at radius 1 is 1.13 bits per heavy atom. The smallest absolute Gasteiger partial charge is 0.295 e. The molecule has 1 fully saturated rings. The Hall–Kier alpha value is -3.64. The number of benzene rings is 2. The maximum Gasteiger partial charge on any atom is 0.295 e. The molecule has 156 valence electrons. The van der Waals surface area contributed by atoms with Crippen LogP contribution in [0.25, 0.3) is 5.76 Å². The number of carbonyl (C=O) groups is 2. The quantitative estimate of drug-likeness (QED) is 0.366. The Labute approximate surface area is 184 Å². The van der Waals surface area contributed by atoms with Gasteiger partial charge in [-0.3, -0.25) is 14.6 Å².